The molecule has 0 aliphatic heterocycles. The molecule has 3 aromatic rings. The van der Waals surface area contributed by atoms with Gasteiger partial charge in [0.2, 0.25) is 0 Å². The van der Waals surface area contributed by atoms with Crippen molar-refractivity contribution in [1.82, 2.24) is 19.7 Å². The van der Waals surface area contributed by atoms with Gasteiger partial charge >= 0.3 is 0 Å². The summed E-state index contributed by atoms with van der Waals surface area (Å²) in [6.45, 7) is 6.27. The van der Waals surface area contributed by atoms with Crippen LogP contribution in [0.4, 0.5) is 5.82 Å². The van der Waals surface area contributed by atoms with Crippen molar-refractivity contribution in [3.63, 3.8) is 0 Å². The van der Waals surface area contributed by atoms with Crippen LogP contribution in [0.25, 0.3) is 10.2 Å². The zero-order chi connectivity index (χ0) is 14.3. The monoisotopic (exact) mass is 287 g/mol. The number of nitrogens with zero attached hydrogens (tertiary/aromatic N) is 4. The molecule has 1 N–H and O–H groups in total. The number of fused-ring (bicyclic) bond motifs is 1. The first-order valence-corrected chi connectivity index (χ1v) is 7.40. The average molecular weight is 287 g/mol. The third-order valence-corrected chi connectivity index (χ3v) is 4.43. The van der Waals surface area contributed by atoms with Crippen molar-refractivity contribution in [2.45, 2.75) is 26.8 Å². The van der Waals surface area contributed by atoms with E-state index >= 15 is 0 Å². The van der Waals surface area contributed by atoms with Crippen LogP contribution in [0, 0.1) is 13.8 Å². The zero-order valence-corrected chi connectivity index (χ0v) is 12.8. The van der Waals surface area contributed by atoms with Crippen LogP contribution in [0.3, 0.4) is 0 Å². The maximum atomic E-state index is 4.47. The Hall–Kier alpha value is -1.95. The Morgan fingerprint density at radius 1 is 1.30 bits per heavy atom. The van der Waals surface area contributed by atoms with Gasteiger partial charge < -0.3 is 5.32 Å². The van der Waals surface area contributed by atoms with Crippen molar-refractivity contribution in [3.8, 4) is 0 Å². The van der Waals surface area contributed by atoms with Gasteiger partial charge in [-0.2, -0.15) is 5.10 Å². The molecule has 0 spiro atoms. The van der Waals surface area contributed by atoms with Crippen LogP contribution in [0.15, 0.2) is 17.8 Å². The molecule has 0 unspecified atom stereocenters. The molecule has 3 rings (SSSR count). The minimum absolute atomic E-state index is 0.154. The molecule has 0 bridgehead atoms. The maximum Gasteiger partial charge on any atom is 0.138 e. The second-order valence-electron chi connectivity index (χ2n) is 4.94. The molecule has 0 radical (unpaired) electrons. The fourth-order valence-electron chi connectivity index (χ4n) is 2.60. The topological polar surface area (TPSA) is 55.6 Å². The molecular weight excluding hydrogens is 270 g/mol. The summed E-state index contributed by atoms with van der Waals surface area (Å²) in [5.41, 5.74) is 3.47. The Kier molecular flexibility index (Phi) is 3.17. The Bertz CT molecular complexity index is 758. The van der Waals surface area contributed by atoms with E-state index in [-0.39, 0.29) is 6.04 Å². The fourth-order valence-corrected chi connectivity index (χ4v) is 3.33. The van der Waals surface area contributed by atoms with Gasteiger partial charge in [0.05, 0.1) is 17.1 Å². The molecule has 0 aliphatic carbocycles. The number of rotatable bonds is 3. The number of hydrogen-bond acceptors (Lipinski definition) is 5. The number of hydrogen-bond donors (Lipinski definition) is 1. The predicted octanol–water partition coefficient (Wildman–Crippen LogP) is 3.21. The van der Waals surface area contributed by atoms with Crippen molar-refractivity contribution in [2.75, 3.05) is 5.32 Å². The van der Waals surface area contributed by atoms with E-state index in [1.165, 1.54) is 11.3 Å². The second-order valence-corrected chi connectivity index (χ2v) is 5.83. The molecule has 5 nitrogen and oxygen atoms in total. The lowest BCUT2D eigenvalue weighted by Gasteiger charge is -2.15. The fraction of sp³-hybridized carbons (Fsp3) is 0.357. The molecule has 0 fully saturated rings. The quantitative estimate of drug-likeness (QED) is 0.803. The molecule has 3 aromatic heterocycles. The molecular formula is C14H17N5S. The van der Waals surface area contributed by atoms with E-state index < -0.39 is 0 Å². The Morgan fingerprint density at radius 2 is 2.10 bits per heavy atom. The summed E-state index contributed by atoms with van der Waals surface area (Å²) < 4.78 is 1.92. The first-order chi connectivity index (χ1) is 9.58. The first kappa shape index (κ1) is 13.1. The van der Waals surface area contributed by atoms with E-state index in [4.69, 9.17) is 0 Å². The highest BCUT2D eigenvalue weighted by molar-refractivity contribution is 7.16. The lowest BCUT2D eigenvalue weighted by Crippen LogP contribution is -2.10. The number of anilines is 1. The molecule has 0 saturated heterocycles. The summed E-state index contributed by atoms with van der Waals surface area (Å²) in [7, 11) is 1.97. The molecule has 104 valence electrons. The van der Waals surface area contributed by atoms with E-state index in [0.29, 0.717) is 0 Å². The lowest BCUT2D eigenvalue weighted by molar-refractivity contribution is 0.728. The number of aryl methyl sites for hydroxylation is 2. The van der Waals surface area contributed by atoms with E-state index in [1.807, 2.05) is 24.0 Å². The van der Waals surface area contributed by atoms with Crippen LogP contribution in [-0.2, 0) is 7.05 Å². The van der Waals surface area contributed by atoms with Crippen molar-refractivity contribution in [3.05, 3.63) is 34.7 Å². The molecule has 6 heteroatoms. The molecule has 0 aromatic carbocycles. The van der Waals surface area contributed by atoms with Gasteiger partial charge in [0.25, 0.3) is 0 Å². The summed E-state index contributed by atoms with van der Waals surface area (Å²) in [6.07, 6.45) is 1.61. The highest BCUT2D eigenvalue weighted by atomic mass is 32.1. The van der Waals surface area contributed by atoms with E-state index in [2.05, 4.69) is 40.3 Å². The minimum atomic E-state index is 0.154. The lowest BCUT2D eigenvalue weighted by atomic mass is 10.1. The Labute approximate surface area is 121 Å². The van der Waals surface area contributed by atoms with Crippen LogP contribution in [0.5, 0.6) is 0 Å². The van der Waals surface area contributed by atoms with E-state index in [1.54, 1.807) is 17.7 Å². The van der Waals surface area contributed by atoms with Gasteiger partial charge in [-0.05, 0) is 32.2 Å². The molecule has 1 atom stereocenters. The van der Waals surface area contributed by atoms with Crippen LogP contribution in [0.2, 0.25) is 0 Å². The van der Waals surface area contributed by atoms with E-state index in [9.17, 15) is 0 Å². The van der Waals surface area contributed by atoms with Crippen molar-refractivity contribution >= 4 is 27.4 Å². The normalized spacial score (nSPS) is 12.8. The van der Waals surface area contributed by atoms with Gasteiger partial charge in [0, 0.05) is 18.3 Å². The SMILES string of the molecule is Cc1nn(C)c(C)c1[C@@H](C)Nc1ncnc2sccc12. The van der Waals surface area contributed by atoms with Gasteiger partial charge in [-0.1, -0.05) is 0 Å². The Balaban J connectivity index is 1.96. The van der Waals surface area contributed by atoms with Crippen LogP contribution >= 0.6 is 11.3 Å². The van der Waals surface area contributed by atoms with Crippen molar-refractivity contribution < 1.29 is 0 Å². The largest absolute Gasteiger partial charge is 0.363 e. The van der Waals surface area contributed by atoms with E-state index in [0.717, 1.165) is 21.7 Å². The number of nitrogens with one attached hydrogen (secondary N) is 1. The molecule has 20 heavy (non-hydrogen) atoms. The highest BCUT2D eigenvalue weighted by Crippen LogP contribution is 2.28. The van der Waals surface area contributed by atoms with Gasteiger partial charge in [0.15, 0.2) is 0 Å². The molecule has 0 aliphatic rings. The van der Waals surface area contributed by atoms with Crippen LogP contribution < -0.4 is 5.32 Å². The van der Waals surface area contributed by atoms with Gasteiger partial charge in [0.1, 0.15) is 17.0 Å². The van der Waals surface area contributed by atoms with Crippen LogP contribution in [-0.4, -0.2) is 19.7 Å². The minimum Gasteiger partial charge on any atom is -0.363 e. The summed E-state index contributed by atoms with van der Waals surface area (Å²) in [6, 6.07) is 2.21. The summed E-state index contributed by atoms with van der Waals surface area (Å²) in [4.78, 5) is 9.65. The van der Waals surface area contributed by atoms with Gasteiger partial charge in [-0.15, -0.1) is 11.3 Å². The number of thiophene rings is 1. The van der Waals surface area contributed by atoms with Crippen LogP contribution in [0.1, 0.15) is 29.9 Å². The maximum absolute atomic E-state index is 4.47. The van der Waals surface area contributed by atoms with Gasteiger partial charge in [-0.3, -0.25) is 4.68 Å². The molecule has 0 amide bonds. The smallest absolute Gasteiger partial charge is 0.138 e. The average Bonchev–Trinajstić information content (AvgIpc) is 2.96. The first-order valence-electron chi connectivity index (χ1n) is 6.52. The third-order valence-electron chi connectivity index (χ3n) is 3.61. The standard InChI is InChI=1S/C14H17N5S/c1-8(12-9(2)18-19(4)10(12)3)17-13-11-5-6-20-14(11)16-7-15-13/h5-8H,1-4H3,(H,15,16,17)/t8-/m1/s1. The second kappa shape index (κ2) is 4.86. The Morgan fingerprint density at radius 3 is 2.80 bits per heavy atom. The summed E-state index contributed by atoms with van der Waals surface area (Å²) in [5, 5.41) is 11.1. The number of aromatic nitrogens is 4. The van der Waals surface area contributed by atoms with Crippen molar-refractivity contribution in [2.24, 2.45) is 7.05 Å². The third kappa shape index (κ3) is 2.06. The molecule has 3 heterocycles. The zero-order valence-electron chi connectivity index (χ0n) is 12.0. The van der Waals surface area contributed by atoms with Crippen molar-refractivity contribution in [1.29, 1.82) is 0 Å². The molecule has 0 saturated carbocycles. The van der Waals surface area contributed by atoms with Gasteiger partial charge in [-0.25, -0.2) is 9.97 Å². The predicted molar refractivity (Wildman–Crippen MR) is 82.1 cm³/mol. The highest BCUT2D eigenvalue weighted by Gasteiger charge is 2.17. The summed E-state index contributed by atoms with van der Waals surface area (Å²) >= 11 is 1.63. The summed E-state index contributed by atoms with van der Waals surface area (Å²) in [5.74, 6) is 0.881.